The Hall–Kier alpha value is -2.99. The number of aromatic nitrogens is 3. The van der Waals surface area contributed by atoms with Crippen molar-refractivity contribution >= 4 is 5.91 Å². The normalized spacial score (nSPS) is 11.9. The number of aliphatic hydroxyl groups is 1. The monoisotopic (exact) mass is 322 g/mol. The summed E-state index contributed by atoms with van der Waals surface area (Å²) in [4.78, 5) is 16.3. The van der Waals surface area contributed by atoms with Gasteiger partial charge in [0.15, 0.2) is 0 Å². The number of carbonyl (C=O) groups is 1. The molecular formula is C18H18N4O2. The van der Waals surface area contributed by atoms with Gasteiger partial charge >= 0.3 is 0 Å². The molecule has 2 aromatic heterocycles. The third-order valence-corrected chi connectivity index (χ3v) is 3.56. The van der Waals surface area contributed by atoms with Crippen molar-refractivity contribution in [2.24, 2.45) is 0 Å². The number of hydrogen-bond acceptors (Lipinski definition) is 4. The van der Waals surface area contributed by atoms with Gasteiger partial charge in [0, 0.05) is 31.6 Å². The Morgan fingerprint density at radius 3 is 2.75 bits per heavy atom. The quantitative estimate of drug-likeness (QED) is 0.722. The highest BCUT2D eigenvalue weighted by Crippen LogP contribution is 2.07. The molecular weight excluding hydrogens is 304 g/mol. The molecule has 0 saturated carbocycles. The van der Waals surface area contributed by atoms with Crippen LogP contribution < -0.4 is 5.32 Å². The average molecular weight is 322 g/mol. The molecule has 0 aliphatic rings. The first-order chi connectivity index (χ1) is 11.7. The molecule has 24 heavy (non-hydrogen) atoms. The minimum atomic E-state index is -0.648. The van der Waals surface area contributed by atoms with E-state index in [4.69, 9.17) is 0 Å². The zero-order valence-electron chi connectivity index (χ0n) is 13.0. The number of aliphatic hydroxyl groups excluding tert-OH is 1. The molecule has 1 aromatic carbocycles. The Morgan fingerprint density at radius 2 is 2.00 bits per heavy atom. The van der Waals surface area contributed by atoms with Gasteiger partial charge in [-0.1, -0.05) is 30.3 Å². The van der Waals surface area contributed by atoms with Gasteiger partial charge in [-0.3, -0.25) is 9.78 Å². The van der Waals surface area contributed by atoms with E-state index in [1.807, 2.05) is 30.3 Å². The summed E-state index contributed by atoms with van der Waals surface area (Å²) in [7, 11) is 0. The van der Waals surface area contributed by atoms with Gasteiger partial charge in [0.05, 0.1) is 11.8 Å². The molecule has 6 heteroatoms. The number of hydrogen-bond donors (Lipinski definition) is 2. The number of amides is 1. The molecule has 1 unspecified atom stereocenters. The average Bonchev–Trinajstić information content (AvgIpc) is 3.15. The van der Waals surface area contributed by atoms with Crippen LogP contribution in [0.2, 0.25) is 0 Å². The van der Waals surface area contributed by atoms with E-state index in [2.05, 4.69) is 15.4 Å². The van der Waals surface area contributed by atoms with E-state index in [-0.39, 0.29) is 18.1 Å². The lowest BCUT2D eigenvalue weighted by Crippen LogP contribution is -2.33. The lowest BCUT2D eigenvalue weighted by Gasteiger charge is -2.12. The molecule has 0 spiro atoms. The summed E-state index contributed by atoms with van der Waals surface area (Å²) in [5, 5.41) is 16.9. The van der Waals surface area contributed by atoms with Crippen molar-refractivity contribution in [1.29, 1.82) is 0 Å². The van der Waals surface area contributed by atoms with E-state index in [9.17, 15) is 9.90 Å². The Balaban J connectivity index is 1.58. The molecule has 1 amide bonds. The summed E-state index contributed by atoms with van der Waals surface area (Å²) in [6.07, 6.45) is 4.86. The van der Waals surface area contributed by atoms with E-state index in [0.717, 1.165) is 11.3 Å². The number of benzene rings is 1. The number of pyridine rings is 1. The van der Waals surface area contributed by atoms with E-state index in [1.54, 1.807) is 41.5 Å². The summed E-state index contributed by atoms with van der Waals surface area (Å²) in [6.45, 7) is 0.168. The van der Waals surface area contributed by atoms with Crippen molar-refractivity contribution in [2.45, 2.75) is 12.5 Å². The smallest absolute Gasteiger partial charge is 0.270 e. The minimum Gasteiger partial charge on any atom is -0.391 e. The van der Waals surface area contributed by atoms with Crippen molar-refractivity contribution < 1.29 is 9.90 Å². The van der Waals surface area contributed by atoms with Crippen LogP contribution in [0.4, 0.5) is 0 Å². The summed E-state index contributed by atoms with van der Waals surface area (Å²) in [5.41, 5.74) is 2.07. The fraction of sp³-hybridized carbons (Fsp3) is 0.167. The fourth-order valence-electron chi connectivity index (χ4n) is 2.37. The van der Waals surface area contributed by atoms with Crippen LogP contribution in [0, 0.1) is 0 Å². The van der Waals surface area contributed by atoms with Crippen molar-refractivity contribution in [2.75, 3.05) is 6.54 Å². The maximum absolute atomic E-state index is 12.2. The molecule has 122 valence electrons. The second kappa shape index (κ2) is 7.52. The largest absolute Gasteiger partial charge is 0.391 e. The topological polar surface area (TPSA) is 80.0 Å². The first kappa shape index (κ1) is 15.9. The molecule has 2 heterocycles. The first-order valence-electron chi connectivity index (χ1n) is 7.68. The molecule has 0 aliphatic heterocycles. The Kier molecular flexibility index (Phi) is 4.98. The molecule has 2 N–H and O–H groups in total. The van der Waals surface area contributed by atoms with Gasteiger partial charge in [-0.15, -0.1) is 0 Å². The van der Waals surface area contributed by atoms with Crippen LogP contribution >= 0.6 is 0 Å². The molecule has 0 saturated heterocycles. The zero-order chi connectivity index (χ0) is 16.8. The van der Waals surface area contributed by atoms with E-state index in [0.29, 0.717) is 6.42 Å². The lowest BCUT2D eigenvalue weighted by atomic mass is 10.1. The van der Waals surface area contributed by atoms with E-state index >= 15 is 0 Å². The summed E-state index contributed by atoms with van der Waals surface area (Å²) < 4.78 is 1.66. The van der Waals surface area contributed by atoms with Crippen LogP contribution in [0.15, 0.2) is 67.1 Å². The standard InChI is InChI=1S/C18H18N4O2/c23-16(11-14-5-2-1-3-6-14)13-20-18(24)17-12-15(7-9-19-17)22-10-4-8-21-22/h1-10,12,16,23H,11,13H2,(H,20,24). The molecule has 3 aromatic rings. The second-order valence-corrected chi connectivity index (χ2v) is 5.40. The van der Waals surface area contributed by atoms with Crippen molar-refractivity contribution in [1.82, 2.24) is 20.1 Å². The Bertz CT molecular complexity index is 788. The number of carbonyl (C=O) groups excluding carboxylic acids is 1. The second-order valence-electron chi connectivity index (χ2n) is 5.40. The Morgan fingerprint density at radius 1 is 1.17 bits per heavy atom. The van der Waals surface area contributed by atoms with Crippen LogP contribution in [0.5, 0.6) is 0 Å². The number of nitrogens with one attached hydrogen (secondary N) is 1. The van der Waals surface area contributed by atoms with Crippen LogP contribution in [0.25, 0.3) is 5.69 Å². The Labute approximate surface area is 139 Å². The predicted octanol–water partition coefficient (Wildman–Crippen LogP) is 1.60. The summed E-state index contributed by atoms with van der Waals surface area (Å²) >= 11 is 0. The summed E-state index contributed by atoms with van der Waals surface area (Å²) in [6, 6.07) is 14.9. The molecule has 0 radical (unpaired) electrons. The molecule has 3 rings (SSSR count). The number of rotatable bonds is 6. The molecule has 1 atom stereocenters. The highest BCUT2D eigenvalue weighted by atomic mass is 16.3. The highest BCUT2D eigenvalue weighted by Gasteiger charge is 2.11. The third-order valence-electron chi connectivity index (χ3n) is 3.56. The van der Waals surface area contributed by atoms with Crippen LogP contribution in [0.3, 0.4) is 0 Å². The fourth-order valence-corrected chi connectivity index (χ4v) is 2.37. The van der Waals surface area contributed by atoms with Gasteiger partial charge in [-0.25, -0.2) is 4.68 Å². The minimum absolute atomic E-state index is 0.168. The van der Waals surface area contributed by atoms with Gasteiger partial charge < -0.3 is 10.4 Å². The maximum atomic E-state index is 12.2. The SMILES string of the molecule is O=C(NCC(O)Cc1ccccc1)c1cc(-n2cccn2)ccn1. The van der Waals surface area contributed by atoms with Gasteiger partial charge in [-0.05, 0) is 23.8 Å². The predicted molar refractivity (Wildman–Crippen MR) is 89.8 cm³/mol. The maximum Gasteiger partial charge on any atom is 0.270 e. The molecule has 6 nitrogen and oxygen atoms in total. The first-order valence-corrected chi connectivity index (χ1v) is 7.68. The van der Waals surface area contributed by atoms with Crippen LogP contribution in [0.1, 0.15) is 16.1 Å². The molecule has 0 aliphatic carbocycles. The van der Waals surface area contributed by atoms with Gasteiger partial charge in [0.1, 0.15) is 5.69 Å². The van der Waals surface area contributed by atoms with Gasteiger partial charge in [0.2, 0.25) is 0 Å². The van der Waals surface area contributed by atoms with E-state index in [1.165, 1.54) is 0 Å². The zero-order valence-corrected chi connectivity index (χ0v) is 13.0. The van der Waals surface area contributed by atoms with Crippen molar-refractivity contribution in [3.8, 4) is 5.69 Å². The van der Waals surface area contributed by atoms with Crippen LogP contribution in [-0.4, -0.2) is 38.4 Å². The summed E-state index contributed by atoms with van der Waals surface area (Å²) in [5.74, 6) is -0.323. The molecule has 0 fully saturated rings. The van der Waals surface area contributed by atoms with Crippen LogP contribution in [-0.2, 0) is 6.42 Å². The lowest BCUT2D eigenvalue weighted by molar-refractivity contribution is 0.0911. The van der Waals surface area contributed by atoms with Crippen molar-refractivity contribution in [3.63, 3.8) is 0 Å². The van der Waals surface area contributed by atoms with Gasteiger partial charge in [-0.2, -0.15) is 5.10 Å². The third kappa shape index (κ3) is 4.05. The van der Waals surface area contributed by atoms with E-state index < -0.39 is 6.10 Å². The van der Waals surface area contributed by atoms with Gasteiger partial charge in [0.25, 0.3) is 5.91 Å². The van der Waals surface area contributed by atoms with Crippen molar-refractivity contribution in [3.05, 3.63) is 78.4 Å². The highest BCUT2D eigenvalue weighted by molar-refractivity contribution is 5.92. The number of nitrogens with zero attached hydrogens (tertiary/aromatic N) is 3. The molecule has 0 bridgehead atoms.